The van der Waals surface area contributed by atoms with Gasteiger partial charge in [-0.15, -0.1) is 0 Å². The Bertz CT molecular complexity index is 180. The Morgan fingerprint density at radius 2 is 2.50 bits per heavy atom. The summed E-state index contributed by atoms with van der Waals surface area (Å²) in [7, 11) is 0. The van der Waals surface area contributed by atoms with Gasteiger partial charge in [0, 0.05) is 18.5 Å². The summed E-state index contributed by atoms with van der Waals surface area (Å²) < 4.78 is 18.3. The molecule has 2 fully saturated rings. The van der Waals surface area contributed by atoms with Crippen molar-refractivity contribution in [1.29, 1.82) is 0 Å². The average Bonchev–Trinajstić information content (AvgIpc) is 2.44. The second-order valence-electron chi connectivity index (χ2n) is 3.83. The minimum Gasteiger partial charge on any atom is -0.314 e. The van der Waals surface area contributed by atoms with Gasteiger partial charge in [-0.3, -0.25) is 4.90 Å². The van der Waals surface area contributed by atoms with Crippen molar-refractivity contribution in [1.82, 2.24) is 4.90 Å². The summed E-state index contributed by atoms with van der Waals surface area (Å²) in [6.07, 6.45) is 2.36. The Balaban J connectivity index is 2.09. The van der Waals surface area contributed by atoms with Crippen molar-refractivity contribution < 1.29 is 7.46 Å². The molecule has 0 amide bonds. The molecule has 12 heavy (non-hydrogen) atoms. The van der Waals surface area contributed by atoms with Gasteiger partial charge in [-0.1, -0.05) is 0 Å². The molecule has 0 N–H and O–H groups in total. The molecular formula is C8H13FINO. The third kappa shape index (κ3) is 1.37. The highest BCUT2D eigenvalue weighted by Crippen LogP contribution is 2.40. The number of nitrogens with zero attached hydrogens (tertiary/aromatic N) is 1. The molecule has 0 bridgehead atoms. The number of halogens is 2. The predicted octanol–water partition coefficient (Wildman–Crippen LogP) is 1.93. The number of fused-ring (bicyclic) bond motifs is 1. The topological polar surface area (TPSA) is 12.5 Å². The van der Waals surface area contributed by atoms with Crippen molar-refractivity contribution in [2.75, 3.05) is 19.7 Å². The van der Waals surface area contributed by atoms with Crippen LogP contribution in [0.4, 0.5) is 4.39 Å². The molecule has 0 saturated carbocycles. The molecule has 0 aromatic carbocycles. The maximum atomic E-state index is 13.1. The van der Waals surface area contributed by atoms with E-state index in [1.165, 1.54) is 6.42 Å². The van der Waals surface area contributed by atoms with E-state index in [-0.39, 0.29) is 5.54 Å². The third-order valence-corrected chi connectivity index (χ3v) is 3.40. The number of rotatable bonds is 2. The molecule has 2 saturated heterocycles. The summed E-state index contributed by atoms with van der Waals surface area (Å²) in [5.74, 6) is 0. The molecule has 2 nitrogen and oxygen atoms in total. The van der Waals surface area contributed by atoms with Crippen LogP contribution in [-0.4, -0.2) is 36.3 Å². The molecule has 0 radical (unpaired) electrons. The van der Waals surface area contributed by atoms with E-state index in [1.807, 2.05) is 23.0 Å². The van der Waals surface area contributed by atoms with Crippen molar-refractivity contribution in [2.45, 2.75) is 31.0 Å². The van der Waals surface area contributed by atoms with E-state index in [1.54, 1.807) is 0 Å². The van der Waals surface area contributed by atoms with Crippen LogP contribution in [0.2, 0.25) is 0 Å². The predicted molar refractivity (Wildman–Crippen MR) is 53.0 cm³/mol. The van der Waals surface area contributed by atoms with Gasteiger partial charge in [0.2, 0.25) is 0 Å². The summed E-state index contributed by atoms with van der Waals surface area (Å²) in [6.45, 7) is 2.37. The highest BCUT2D eigenvalue weighted by Gasteiger charge is 2.48. The molecule has 0 aliphatic carbocycles. The largest absolute Gasteiger partial charge is 0.314 e. The Morgan fingerprint density at radius 1 is 1.67 bits per heavy atom. The molecule has 4 heteroatoms. The molecule has 2 aliphatic heterocycles. The fourth-order valence-corrected chi connectivity index (χ4v) is 3.13. The number of alkyl halides is 1. The van der Waals surface area contributed by atoms with Crippen LogP contribution in [0.5, 0.6) is 0 Å². The van der Waals surface area contributed by atoms with Crippen LogP contribution in [0.3, 0.4) is 0 Å². The maximum Gasteiger partial charge on any atom is 0.115 e. The zero-order chi connectivity index (χ0) is 8.60. The minimum absolute atomic E-state index is 0.0562. The van der Waals surface area contributed by atoms with Crippen molar-refractivity contribution in [2.24, 2.45) is 0 Å². The molecule has 70 valence electrons. The Kier molecular flexibility index (Phi) is 2.58. The maximum absolute atomic E-state index is 13.1. The quantitative estimate of drug-likeness (QED) is 0.719. The van der Waals surface area contributed by atoms with Crippen molar-refractivity contribution in [3.05, 3.63) is 0 Å². The van der Waals surface area contributed by atoms with Gasteiger partial charge in [-0.2, -0.15) is 0 Å². The second kappa shape index (κ2) is 3.38. The first kappa shape index (κ1) is 9.15. The molecule has 0 aromatic heterocycles. The molecule has 0 aromatic rings. The average molecular weight is 285 g/mol. The lowest BCUT2D eigenvalue weighted by Gasteiger charge is -2.29. The summed E-state index contributed by atoms with van der Waals surface area (Å²) in [5.41, 5.74) is 0.0562. The first-order chi connectivity index (χ1) is 5.77. The fourth-order valence-electron chi connectivity index (χ4n) is 2.55. The molecule has 2 rings (SSSR count). The molecule has 2 atom stereocenters. The highest BCUT2D eigenvalue weighted by atomic mass is 127. The smallest absolute Gasteiger partial charge is 0.115 e. The van der Waals surface area contributed by atoms with Crippen LogP contribution in [0.25, 0.3) is 0 Å². The van der Waals surface area contributed by atoms with Crippen molar-refractivity contribution in [3.8, 4) is 0 Å². The first-order valence-corrected chi connectivity index (χ1v) is 5.28. The standard InChI is InChI=1S/C8H13FINO/c9-7-4-8(6-12-10)2-1-3-11(8)5-7/h7H,1-6H2. The van der Waals surface area contributed by atoms with Crippen LogP contribution in [0.15, 0.2) is 0 Å². The van der Waals surface area contributed by atoms with Gasteiger partial charge in [0.15, 0.2) is 0 Å². The first-order valence-electron chi connectivity index (χ1n) is 4.39. The lowest BCUT2D eigenvalue weighted by atomic mass is 9.95. The lowest BCUT2D eigenvalue weighted by Crippen LogP contribution is -2.41. The normalized spacial score (nSPS) is 42.0. The molecule has 2 unspecified atom stereocenters. The SMILES string of the molecule is FC1CN2CCCC2(COI)C1. The summed E-state index contributed by atoms with van der Waals surface area (Å²) in [6, 6.07) is 0. The van der Waals surface area contributed by atoms with E-state index in [4.69, 9.17) is 3.07 Å². The van der Waals surface area contributed by atoms with E-state index in [0.717, 1.165) is 13.0 Å². The van der Waals surface area contributed by atoms with E-state index in [2.05, 4.69) is 4.90 Å². The molecule has 0 spiro atoms. The Hall–Kier alpha value is 0.580. The van der Waals surface area contributed by atoms with Gasteiger partial charge in [0.1, 0.15) is 29.2 Å². The second-order valence-corrected chi connectivity index (χ2v) is 4.45. The zero-order valence-electron chi connectivity index (χ0n) is 6.93. The van der Waals surface area contributed by atoms with E-state index < -0.39 is 6.17 Å². The number of hydrogen-bond donors (Lipinski definition) is 0. The van der Waals surface area contributed by atoms with Crippen LogP contribution >= 0.6 is 23.0 Å². The Labute approximate surface area is 86.1 Å². The van der Waals surface area contributed by atoms with Gasteiger partial charge in [-0.05, 0) is 19.4 Å². The minimum atomic E-state index is -0.628. The van der Waals surface area contributed by atoms with Gasteiger partial charge in [-0.25, -0.2) is 4.39 Å². The van der Waals surface area contributed by atoms with E-state index in [0.29, 0.717) is 19.6 Å². The van der Waals surface area contributed by atoms with Gasteiger partial charge < -0.3 is 3.07 Å². The van der Waals surface area contributed by atoms with E-state index >= 15 is 0 Å². The van der Waals surface area contributed by atoms with E-state index in [9.17, 15) is 4.39 Å². The van der Waals surface area contributed by atoms with Crippen LogP contribution in [0.1, 0.15) is 19.3 Å². The van der Waals surface area contributed by atoms with Gasteiger partial charge >= 0.3 is 0 Å². The summed E-state index contributed by atoms with van der Waals surface area (Å²) in [4.78, 5) is 2.26. The zero-order valence-corrected chi connectivity index (χ0v) is 9.09. The van der Waals surface area contributed by atoms with Crippen LogP contribution in [-0.2, 0) is 3.07 Å². The molecular weight excluding hydrogens is 272 g/mol. The van der Waals surface area contributed by atoms with Crippen molar-refractivity contribution in [3.63, 3.8) is 0 Å². The van der Waals surface area contributed by atoms with Gasteiger partial charge in [0.25, 0.3) is 0 Å². The monoisotopic (exact) mass is 285 g/mol. The van der Waals surface area contributed by atoms with Crippen LogP contribution in [0, 0.1) is 0 Å². The fraction of sp³-hybridized carbons (Fsp3) is 1.00. The lowest BCUT2D eigenvalue weighted by molar-refractivity contribution is 0.139. The molecule has 2 heterocycles. The Morgan fingerprint density at radius 3 is 3.25 bits per heavy atom. The van der Waals surface area contributed by atoms with Gasteiger partial charge in [0.05, 0.1) is 6.61 Å². The summed E-state index contributed by atoms with van der Waals surface area (Å²) >= 11 is 1.91. The van der Waals surface area contributed by atoms with Crippen LogP contribution < -0.4 is 0 Å². The molecule has 2 aliphatic rings. The summed E-state index contributed by atoms with van der Waals surface area (Å²) in [5, 5.41) is 0. The third-order valence-electron chi connectivity index (χ3n) is 3.08. The van der Waals surface area contributed by atoms with Crippen molar-refractivity contribution >= 4 is 23.0 Å². The number of hydrogen-bond acceptors (Lipinski definition) is 2. The highest BCUT2D eigenvalue weighted by molar-refractivity contribution is 14.1.